The molecule has 0 aromatic heterocycles. The SMILES string of the molecule is COC(=O)C1CCCN1CCCN1CCCC1. The number of hydrogen-bond donors (Lipinski definition) is 0. The Morgan fingerprint density at radius 3 is 2.65 bits per heavy atom. The number of carbonyl (C=O) groups is 1. The second kappa shape index (κ2) is 6.36. The van der Waals surface area contributed by atoms with Gasteiger partial charge in [0.05, 0.1) is 7.11 Å². The quantitative estimate of drug-likeness (QED) is 0.674. The van der Waals surface area contributed by atoms with E-state index in [-0.39, 0.29) is 12.0 Å². The van der Waals surface area contributed by atoms with Crippen molar-refractivity contribution >= 4 is 5.97 Å². The van der Waals surface area contributed by atoms with Crippen LogP contribution in [0, 0.1) is 0 Å². The highest BCUT2D eigenvalue weighted by Gasteiger charge is 2.30. The fraction of sp³-hybridized carbons (Fsp3) is 0.923. The maximum atomic E-state index is 11.6. The Bertz CT molecular complexity index is 252. The topological polar surface area (TPSA) is 32.8 Å². The van der Waals surface area contributed by atoms with Crippen molar-refractivity contribution in [3.8, 4) is 0 Å². The maximum absolute atomic E-state index is 11.6. The number of hydrogen-bond acceptors (Lipinski definition) is 4. The molecule has 0 aromatic rings. The minimum atomic E-state index is -0.0522. The maximum Gasteiger partial charge on any atom is 0.323 e. The van der Waals surface area contributed by atoms with Crippen LogP contribution in [0.15, 0.2) is 0 Å². The minimum absolute atomic E-state index is 0.0265. The molecule has 0 bridgehead atoms. The molecule has 0 spiro atoms. The lowest BCUT2D eigenvalue weighted by Gasteiger charge is -2.23. The molecular formula is C13H24N2O2. The van der Waals surface area contributed by atoms with Gasteiger partial charge in [-0.05, 0) is 58.3 Å². The van der Waals surface area contributed by atoms with Crippen LogP contribution in [0.5, 0.6) is 0 Å². The fourth-order valence-electron chi connectivity index (χ4n) is 3.00. The lowest BCUT2D eigenvalue weighted by atomic mass is 10.2. The molecule has 0 saturated carbocycles. The highest BCUT2D eigenvalue weighted by atomic mass is 16.5. The molecule has 98 valence electrons. The molecule has 17 heavy (non-hydrogen) atoms. The van der Waals surface area contributed by atoms with Gasteiger partial charge in [-0.1, -0.05) is 0 Å². The third-order valence-corrected chi connectivity index (χ3v) is 3.96. The summed E-state index contributed by atoms with van der Waals surface area (Å²) in [5.74, 6) is -0.0522. The fourth-order valence-corrected chi connectivity index (χ4v) is 3.00. The second-order valence-corrected chi connectivity index (χ2v) is 5.12. The van der Waals surface area contributed by atoms with Crippen LogP contribution >= 0.6 is 0 Å². The summed E-state index contributed by atoms with van der Waals surface area (Å²) in [4.78, 5) is 16.4. The summed E-state index contributed by atoms with van der Waals surface area (Å²) in [7, 11) is 1.49. The van der Waals surface area contributed by atoms with Gasteiger partial charge in [0.25, 0.3) is 0 Å². The molecule has 0 radical (unpaired) electrons. The molecule has 4 nitrogen and oxygen atoms in total. The molecule has 2 aliphatic rings. The summed E-state index contributed by atoms with van der Waals surface area (Å²) in [6.45, 7) is 5.81. The van der Waals surface area contributed by atoms with Gasteiger partial charge in [-0.25, -0.2) is 0 Å². The van der Waals surface area contributed by atoms with E-state index < -0.39 is 0 Å². The van der Waals surface area contributed by atoms with Crippen molar-refractivity contribution in [1.29, 1.82) is 0 Å². The third-order valence-electron chi connectivity index (χ3n) is 3.96. The Labute approximate surface area is 104 Å². The summed E-state index contributed by atoms with van der Waals surface area (Å²) in [6.07, 6.45) is 5.98. The summed E-state index contributed by atoms with van der Waals surface area (Å²) in [5.41, 5.74) is 0. The molecule has 0 aromatic carbocycles. The van der Waals surface area contributed by atoms with E-state index in [2.05, 4.69) is 9.80 Å². The van der Waals surface area contributed by atoms with Crippen molar-refractivity contribution in [2.75, 3.05) is 39.8 Å². The summed E-state index contributed by atoms with van der Waals surface area (Å²) < 4.78 is 4.85. The Hall–Kier alpha value is -0.610. The van der Waals surface area contributed by atoms with E-state index in [1.54, 1.807) is 0 Å². The molecule has 1 unspecified atom stereocenters. The number of carbonyl (C=O) groups excluding carboxylic acids is 1. The van der Waals surface area contributed by atoms with Crippen LogP contribution in [-0.2, 0) is 9.53 Å². The van der Waals surface area contributed by atoms with E-state index >= 15 is 0 Å². The first-order valence-electron chi connectivity index (χ1n) is 6.85. The first-order chi connectivity index (χ1) is 8.31. The number of rotatable bonds is 5. The zero-order chi connectivity index (χ0) is 12.1. The van der Waals surface area contributed by atoms with Crippen LogP contribution in [0.4, 0.5) is 0 Å². The molecular weight excluding hydrogens is 216 g/mol. The van der Waals surface area contributed by atoms with Gasteiger partial charge in [-0.15, -0.1) is 0 Å². The molecule has 0 aliphatic carbocycles. The molecule has 0 amide bonds. The molecule has 2 saturated heterocycles. The lowest BCUT2D eigenvalue weighted by molar-refractivity contribution is -0.145. The molecule has 0 N–H and O–H groups in total. The van der Waals surface area contributed by atoms with Gasteiger partial charge in [0.15, 0.2) is 0 Å². The van der Waals surface area contributed by atoms with Crippen molar-refractivity contribution in [2.24, 2.45) is 0 Å². The Morgan fingerprint density at radius 2 is 1.94 bits per heavy atom. The largest absolute Gasteiger partial charge is 0.468 e. The van der Waals surface area contributed by atoms with E-state index in [0.717, 1.165) is 25.9 Å². The van der Waals surface area contributed by atoms with Crippen LogP contribution in [0.2, 0.25) is 0 Å². The Kier molecular flexibility index (Phi) is 4.80. The van der Waals surface area contributed by atoms with Crippen LogP contribution in [0.3, 0.4) is 0 Å². The highest BCUT2D eigenvalue weighted by molar-refractivity contribution is 5.75. The van der Waals surface area contributed by atoms with Crippen LogP contribution in [0.1, 0.15) is 32.1 Å². The predicted octanol–water partition coefficient (Wildman–Crippen LogP) is 1.11. The van der Waals surface area contributed by atoms with Crippen molar-refractivity contribution in [2.45, 2.75) is 38.1 Å². The average molecular weight is 240 g/mol. The molecule has 4 heteroatoms. The van der Waals surface area contributed by atoms with E-state index in [1.807, 2.05) is 0 Å². The van der Waals surface area contributed by atoms with Crippen LogP contribution < -0.4 is 0 Å². The van der Waals surface area contributed by atoms with Gasteiger partial charge in [0, 0.05) is 6.54 Å². The molecule has 1 atom stereocenters. The van der Waals surface area contributed by atoms with E-state index in [0.29, 0.717) is 0 Å². The monoisotopic (exact) mass is 240 g/mol. The smallest absolute Gasteiger partial charge is 0.323 e. The van der Waals surface area contributed by atoms with Gasteiger partial charge in [-0.3, -0.25) is 9.69 Å². The molecule has 2 heterocycles. The first-order valence-corrected chi connectivity index (χ1v) is 6.85. The number of ether oxygens (including phenoxy) is 1. The molecule has 2 aliphatic heterocycles. The predicted molar refractivity (Wildman–Crippen MR) is 66.9 cm³/mol. The van der Waals surface area contributed by atoms with Crippen molar-refractivity contribution in [1.82, 2.24) is 9.80 Å². The Balaban J connectivity index is 1.68. The lowest BCUT2D eigenvalue weighted by Crippen LogP contribution is -2.38. The summed E-state index contributed by atoms with van der Waals surface area (Å²) in [6, 6.07) is 0.0265. The number of methoxy groups -OCH3 is 1. The normalized spacial score (nSPS) is 26.5. The van der Waals surface area contributed by atoms with Crippen molar-refractivity contribution < 1.29 is 9.53 Å². The zero-order valence-corrected chi connectivity index (χ0v) is 10.9. The second-order valence-electron chi connectivity index (χ2n) is 5.12. The molecule has 2 fully saturated rings. The van der Waals surface area contributed by atoms with E-state index in [4.69, 9.17) is 4.74 Å². The minimum Gasteiger partial charge on any atom is -0.468 e. The average Bonchev–Trinajstić information content (AvgIpc) is 2.99. The van der Waals surface area contributed by atoms with Crippen molar-refractivity contribution in [3.63, 3.8) is 0 Å². The number of esters is 1. The Morgan fingerprint density at radius 1 is 1.18 bits per heavy atom. The molecule has 2 rings (SSSR count). The third kappa shape index (κ3) is 3.42. The number of nitrogens with zero attached hydrogens (tertiary/aromatic N) is 2. The number of likely N-dealkylation sites (tertiary alicyclic amines) is 2. The van der Waals surface area contributed by atoms with Gasteiger partial charge in [0.2, 0.25) is 0 Å². The van der Waals surface area contributed by atoms with Gasteiger partial charge >= 0.3 is 5.97 Å². The van der Waals surface area contributed by atoms with Crippen LogP contribution in [0.25, 0.3) is 0 Å². The zero-order valence-electron chi connectivity index (χ0n) is 10.9. The van der Waals surface area contributed by atoms with Crippen LogP contribution in [-0.4, -0.2) is 61.6 Å². The first kappa shape index (κ1) is 12.8. The van der Waals surface area contributed by atoms with Gasteiger partial charge in [-0.2, -0.15) is 0 Å². The van der Waals surface area contributed by atoms with E-state index in [1.165, 1.54) is 46.0 Å². The van der Waals surface area contributed by atoms with Gasteiger partial charge in [0.1, 0.15) is 6.04 Å². The highest BCUT2D eigenvalue weighted by Crippen LogP contribution is 2.18. The summed E-state index contributed by atoms with van der Waals surface area (Å²) in [5, 5.41) is 0. The summed E-state index contributed by atoms with van der Waals surface area (Å²) >= 11 is 0. The van der Waals surface area contributed by atoms with E-state index in [9.17, 15) is 4.79 Å². The standard InChI is InChI=1S/C13H24N2O2/c1-17-13(16)12-6-4-10-15(12)11-5-9-14-7-2-3-8-14/h12H,2-11H2,1H3. The van der Waals surface area contributed by atoms with Crippen molar-refractivity contribution in [3.05, 3.63) is 0 Å². The van der Waals surface area contributed by atoms with Gasteiger partial charge < -0.3 is 9.64 Å².